The van der Waals surface area contributed by atoms with Gasteiger partial charge in [-0.3, -0.25) is 9.48 Å². The summed E-state index contributed by atoms with van der Waals surface area (Å²) in [6.07, 6.45) is 3.71. The van der Waals surface area contributed by atoms with Gasteiger partial charge in [0.05, 0.1) is 12.2 Å². The van der Waals surface area contributed by atoms with Crippen molar-refractivity contribution in [2.45, 2.75) is 40.2 Å². The van der Waals surface area contributed by atoms with Crippen molar-refractivity contribution in [2.24, 2.45) is 0 Å². The molecule has 0 saturated heterocycles. The SMILES string of the molecule is Cc1ccc(Cn2cc3c(n2)-c2c(oc(C(=O)Nc4cccc(Cl)c4C)c2C)CC3)cc1. The Hall–Kier alpha value is -3.31. The molecule has 0 fully saturated rings. The molecule has 6 heteroatoms. The molecule has 2 aromatic heterocycles. The van der Waals surface area contributed by atoms with Crippen LogP contribution in [0.1, 0.15) is 44.1 Å². The van der Waals surface area contributed by atoms with Gasteiger partial charge < -0.3 is 9.73 Å². The normalized spacial score (nSPS) is 12.4. The molecule has 162 valence electrons. The third-order valence-corrected chi connectivity index (χ3v) is 6.51. The summed E-state index contributed by atoms with van der Waals surface area (Å²) in [5.74, 6) is 0.877. The zero-order valence-corrected chi connectivity index (χ0v) is 19.1. The summed E-state index contributed by atoms with van der Waals surface area (Å²) in [5.41, 5.74) is 7.82. The predicted octanol–water partition coefficient (Wildman–Crippen LogP) is 6.12. The van der Waals surface area contributed by atoms with Crippen molar-refractivity contribution in [3.63, 3.8) is 0 Å². The molecule has 5 rings (SSSR count). The second-order valence-electron chi connectivity index (χ2n) is 8.41. The topological polar surface area (TPSA) is 60.1 Å². The minimum absolute atomic E-state index is 0.275. The number of halogens is 1. The second kappa shape index (κ2) is 7.99. The summed E-state index contributed by atoms with van der Waals surface area (Å²) in [6, 6.07) is 13.9. The molecule has 0 saturated carbocycles. The lowest BCUT2D eigenvalue weighted by molar-refractivity contribution is 0.0994. The summed E-state index contributed by atoms with van der Waals surface area (Å²) in [4.78, 5) is 13.0. The van der Waals surface area contributed by atoms with Crippen LogP contribution in [0.25, 0.3) is 11.3 Å². The summed E-state index contributed by atoms with van der Waals surface area (Å²) in [5, 5.41) is 8.41. The van der Waals surface area contributed by atoms with Crippen LogP contribution in [-0.2, 0) is 19.4 Å². The lowest BCUT2D eigenvalue weighted by atomic mass is 9.93. The number of carbonyl (C=O) groups excluding carboxylic acids is 1. The van der Waals surface area contributed by atoms with Crippen LogP contribution in [0.5, 0.6) is 0 Å². The van der Waals surface area contributed by atoms with Crippen LogP contribution in [-0.4, -0.2) is 15.7 Å². The van der Waals surface area contributed by atoms with E-state index in [0.29, 0.717) is 23.0 Å². The van der Waals surface area contributed by atoms with Crippen LogP contribution in [0.4, 0.5) is 5.69 Å². The van der Waals surface area contributed by atoms with Crippen molar-refractivity contribution >= 4 is 23.2 Å². The Bertz CT molecular complexity index is 1330. The van der Waals surface area contributed by atoms with Gasteiger partial charge in [-0.05, 0) is 56.0 Å². The number of fused-ring (bicyclic) bond motifs is 3. The highest BCUT2D eigenvalue weighted by Gasteiger charge is 2.30. The highest BCUT2D eigenvalue weighted by Crippen LogP contribution is 2.38. The van der Waals surface area contributed by atoms with Crippen molar-refractivity contribution in [1.82, 2.24) is 9.78 Å². The van der Waals surface area contributed by atoms with Crippen molar-refractivity contribution in [3.8, 4) is 11.3 Å². The number of aryl methyl sites for hydroxylation is 3. The first kappa shape index (κ1) is 20.6. The highest BCUT2D eigenvalue weighted by molar-refractivity contribution is 6.31. The molecule has 0 aliphatic heterocycles. The molecular formula is C26H24ClN3O2. The minimum Gasteiger partial charge on any atom is -0.455 e. The first-order chi connectivity index (χ1) is 15.4. The zero-order valence-electron chi connectivity index (χ0n) is 18.3. The molecule has 4 aromatic rings. The molecule has 32 heavy (non-hydrogen) atoms. The monoisotopic (exact) mass is 445 g/mol. The number of hydrogen-bond acceptors (Lipinski definition) is 3. The summed E-state index contributed by atoms with van der Waals surface area (Å²) in [7, 11) is 0. The Balaban J connectivity index is 1.45. The molecule has 1 N–H and O–H groups in total. The summed E-state index contributed by atoms with van der Waals surface area (Å²) in [6.45, 7) is 6.60. The third-order valence-electron chi connectivity index (χ3n) is 6.10. The smallest absolute Gasteiger partial charge is 0.291 e. The number of carbonyl (C=O) groups is 1. The van der Waals surface area contributed by atoms with E-state index < -0.39 is 0 Å². The number of anilines is 1. The molecule has 1 aliphatic carbocycles. The van der Waals surface area contributed by atoms with Crippen LogP contribution in [0.2, 0.25) is 5.02 Å². The molecule has 0 bridgehead atoms. The first-order valence-corrected chi connectivity index (χ1v) is 11.1. The van der Waals surface area contributed by atoms with E-state index in [1.807, 2.05) is 30.7 Å². The summed E-state index contributed by atoms with van der Waals surface area (Å²) >= 11 is 6.20. The number of hydrogen-bond donors (Lipinski definition) is 1. The van der Waals surface area contributed by atoms with Crippen LogP contribution in [0.15, 0.2) is 53.1 Å². The number of nitrogens with zero attached hydrogens (tertiary/aromatic N) is 2. The lowest BCUT2D eigenvalue weighted by Crippen LogP contribution is -2.13. The zero-order chi connectivity index (χ0) is 22.4. The lowest BCUT2D eigenvalue weighted by Gasteiger charge is -2.09. The number of furan rings is 1. The number of benzene rings is 2. The van der Waals surface area contributed by atoms with Crippen LogP contribution in [0, 0.1) is 20.8 Å². The minimum atomic E-state index is -0.275. The number of rotatable bonds is 4. The quantitative estimate of drug-likeness (QED) is 0.411. The second-order valence-corrected chi connectivity index (χ2v) is 8.81. The van der Waals surface area contributed by atoms with E-state index in [2.05, 4.69) is 42.7 Å². The van der Waals surface area contributed by atoms with Gasteiger partial charge in [-0.1, -0.05) is 47.5 Å². The van der Waals surface area contributed by atoms with E-state index in [1.165, 1.54) is 16.7 Å². The van der Waals surface area contributed by atoms with Gasteiger partial charge >= 0.3 is 0 Å². The largest absolute Gasteiger partial charge is 0.455 e. The maximum Gasteiger partial charge on any atom is 0.291 e. The fourth-order valence-electron chi connectivity index (χ4n) is 4.26. The van der Waals surface area contributed by atoms with E-state index in [9.17, 15) is 4.79 Å². The van der Waals surface area contributed by atoms with Gasteiger partial charge in [0.1, 0.15) is 5.76 Å². The number of nitrogens with one attached hydrogen (secondary N) is 1. The summed E-state index contributed by atoms with van der Waals surface area (Å²) < 4.78 is 8.02. The molecule has 2 aromatic carbocycles. The van der Waals surface area contributed by atoms with Crippen molar-refractivity contribution in [2.75, 3.05) is 5.32 Å². The molecule has 0 spiro atoms. The average Bonchev–Trinajstić information content (AvgIpc) is 3.33. The van der Waals surface area contributed by atoms with Gasteiger partial charge in [0.15, 0.2) is 5.76 Å². The van der Waals surface area contributed by atoms with Crippen molar-refractivity contribution < 1.29 is 9.21 Å². The first-order valence-electron chi connectivity index (χ1n) is 10.7. The van der Waals surface area contributed by atoms with E-state index >= 15 is 0 Å². The molecule has 5 nitrogen and oxygen atoms in total. The maximum absolute atomic E-state index is 13.0. The van der Waals surface area contributed by atoms with E-state index in [0.717, 1.165) is 41.0 Å². The van der Waals surface area contributed by atoms with Gasteiger partial charge in [0.25, 0.3) is 5.91 Å². The van der Waals surface area contributed by atoms with E-state index in [1.54, 1.807) is 6.07 Å². The fourth-order valence-corrected chi connectivity index (χ4v) is 4.44. The van der Waals surface area contributed by atoms with Crippen LogP contribution in [0.3, 0.4) is 0 Å². The van der Waals surface area contributed by atoms with Gasteiger partial charge in [0.2, 0.25) is 0 Å². The molecule has 1 amide bonds. The van der Waals surface area contributed by atoms with Gasteiger partial charge in [-0.2, -0.15) is 5.10 Å². The Morgan fingerprint density at radius 2 is 1.88 bits per heavy atom. The number of aromatic nitrogens is 2. The molecule has 1 aliphatic rings. The van der Waals surface area contributed by atoms with Gasteiger partial charge in [0, 0.05) is 34.5 Å². The molecule has 2 heterocycles. The molecule has 0 radical (unpaired) electrons. The number of amides is 1. The maximum atomic E-state index is 13.0. The Kier molecular flexibility index (Phi) is 5.14. The highest BCUT2D eigenvalue weighted by atomic mass is 35.5. The Labute approximate surface area is 192 Å². The third kappa shape index (κ3) is 3.63. The van der Waals surface area contributed by atoms with Gasteiger partial charge in [-0.15, -0.1) is 0 Å². The van der Waals surface area contributed by atoms with E-state index in [4.69, 9.17) is 21.1 Å². The predicted molar refractivity (Wildman–Crippen MR) is 126 cm³/mol. The standard InChI is InChI=1S/C26H24ClN3O2/c1-15-7-9-18(10-8-15)13-30-14-19-11-12-22-23(24(19)29-30)17(3)25(32-22)26(31)28-21-6-4-5-20(27)16(21)2/h4-10,14H,11-13H2,1-3H3,(H,28,31). The molecule has 0 unspecified atom stereocenters. The average molecular weight is 446 g/mol. The molecule has 0 atom stereocenters. The van der Waals surface area contributed by atoms with Gasteiger partial charge in [-0.25, -0.2) is 0 Å². The Morgan fingerprint density at radius 1 is 1.09 bits per heavy atom. The Morgan fingerprint density at radius 3 is 2.66 bits per heavy atom. The van der Waals surface area contributed by atoms with Crippen molar-refractivity contribution in [3.05, 3.63) is 93.0 Å². The fraction of sp³-hybridized carbons (Fsp3) is 0.231. The van der Waals surface area contributed by atoms with Crippen molar-refractivity contribution in [1.29, 1.82) is 0 Å². The van der Waals surface area contributed by atoms with Crippen LogP contribution < -0.4 is 5.32 Å². The molecular weight excluding hydrogens is 422 g/mol. The van der Waals surface area contributed by atoms with Crippen LogP contribution >= 0.6 is 11.6 Å². The van der Waals surface area contributed by atoms with E-state index in [-0.39, 0.29) is 5.91 Å².